The Hall–Kier alpha value is -1.45. The second kappa shape index (κ2) is 6.76. The van der Waals surface area contributed by atoms with Gasteiger partial charge < -0.3 is 5.11 Å². The van der Waals surface area contributed by atoms with Gasteiger partial charge >= 0.3 is 5.97 Å². The van der Waals surface area contributed by atoms with Gasteiger partial charge in [0.25, 0.3) is 0 Å². The molecule has 0 fully saturated rings. The van der Waals surface area contributed by atoms with Crippen LogP contribution in [0.15, 0.2) is 34.1 Å². The van der Waals surface area contributed by atoms with Crippen LogP contribution in [0.3, 0.4) is 0 Å². The van der Waals surface area contributed by atoms with Crippen LogP contribution in [0.4, 0.5) is 0 Å². The molecule has 0 aromatic heterocycles. The van der Waals surface area contributed by atoms with Crippen LogP contribution >= 0.6 is 0 Å². The Morgan fingerprint density at radius 1 is 1.18 bits per heavy atom. The van der Waals surface area contributed by atoms with Crippen LogP contribution in [-0.2, 0) is 24.7 Å². The van der Waals surface area contributed by atoms with Crippen molar-refractivity contribution in [2.75, 3.05) is 6.26 Å². The first kappa shape index (κ1) is 18.6. The van der Waals surface area contributed by atoms with E-state index in [0.29, 0.717) is 0 Å². The third-order valence-corrected chi connectivity index (χ3v) is 5.43. The largest absolute Gasteiger partial charge is 0.480 e. The summed E-state index contributed by atoms with van der Waals surface area (Å²) in [5.41, 5.74) is 0. The van der Waals surface area contributed by atoms with E-state index in [1.54, 1.807) is 13.8 Å². The monoisotopic (exact) mass is 349 g/mol. The molecular formula is C13H19NO6S2. The van der Waals surface area contributed by atoms with Crippen molar-refractivity contribution in [3.05, 3.63) is 24.3 Å². The summed E-state index contributed by atoms with van der Waals surface area (Å²) in [7, 11) is -7.69. The normalized spacial score (nSPS) is 14.0. The zero-order valence-electron chi connectivity index (χ0n) is 12.5. The van der Waals surface area contributed by atoms with Gasteiger partial charge in [-0.15, -0.1) is 0 Å². The molecule has 22 heavy (non-hydrogen) atoms. The van der Waals surface area contributed by atoms with Gasteiger partial charge in [-0.3, -0.25) is 4.79 Å². The smallest absolute Gasteiger partial charge is 0.321 e. The molecule has 1 rings (SSSR count). The van der Waals surface area contributed by atoms with Gasteiger partial charge in [0, 0.05) is 6.26 Å². The molecule has 2 N–H and O–H groups in total. The van der Waals surface area contributed by atoms with Gasteiger partial charge in [-0.2, -0.15) is 4.72 Å². The number of benzene rings is 1. The lowest BCUT2D eigenvalue weighted by atomic mass is 10.1. The van der Waals surface area contributed by atoms with Crippen LogP contribution in [0.5, 0.6) is 0 Å². The molecule has 1 aromatic rings. The fraction of sp³-hybridized carbons (Fsp3) is 0.462. The molecule has 0 spiro atoms. The average Bonchev–Trinajstić information content (AvgIpc) is 2.36. The predicted octanol–water partition coefficient (Wildman–Crippen LogP) is 0.868. The Bertz CT molecular complexity index is 752. The van der Waals surface area contributed by atoms with Gasteiger partial charge in [-0.05, 0) is 30.5 Å². The Kier molecular flexibility index (Phi) is 5.71. The molecule has 7 nitrogen and oxygen atoms in total. The number of rotatable bonds is 7. The van der Waals surface area contributed by atoms with Gasteiger partial charge in [-0.25, -0.2) is 16.8 Å². The first-order chi connectivity index (χ1) is 9.93. The molecule has 9 heteroatoms. The summed E-state index contributed by atoms with van der Waals surface area (Å²) in [6, 6.07) is 3.52. The van der Waals surface area contributed by atoms with E-state index >= 15 is 0 Å². The topological polar surface area (TPSA) is 118 Å². The van der Waals surface area contributed by atoms with E-state index in [-0.39, 0.29) is 22.1 Å². The Morgan fingerprint density at radius 2 is 1.73 bits per heavy atom. The van der Waals surface area contributed by atoms with Gasteiger partial charge in [0.15, 0.2) is 9.84 Å². The van der Waals surface area contributed by atoms with Crippen molar-refractivity contribution < 1.29 is 26.7 Å². The maximum absolute atomic E-state index is 12.2. The predicted molar refractivity (Wildman–Crippen MR) is 80.8 cm³/mol. The minimum absolute atomic E-state index is 0.0221. The Morgan fingerprint density at radius 3 is 2.18 bits per heavy atom. The van der Waals surface area contributed by atoms with Gasteiger partial charge in [0.2, 0.25) is 10.0 Å². The van der Waals surface area contributed by atoms with Gasteiger partial charge in [0.05, 0.1) is 9.79 Å². The number of aliphatic carboxylic acids is 1. The third-order valence-electron chi connectivity index (χ3n) is 2.85. The molecule has 0 aliphatic rings. The highest BCUT2D eigenvalue weighted by Gasteiger charge is 2.26. The van der Waals surface area contributed by atoms with E-state index in [9.17, 15) is 21.6 Å². The van der Waals surface area contributed by atoms with Crippen molar-refractivity contribution in [1.82, 2.24) is 4.72 Å². The summed E-state index contributed by atoms with van der Waals surface area (Å²) in [6.45, 7) is 3.54. The lowest BCUT2D eigenvalue weighted by molar-refractivity contribution is -0.139. The second-order valence-corrected chi connectivity index (χ2v) is 9.12. The van der Waals surface area contributed by atoms with Crippen molar-refractivity contribution in [3.63, 3.8) is 0 Å². The molecule has 0 unspecified atom stereocenters. The number of hydrogen-bond donors (Lipinski definition) is 2. The molecule has 0 bridgehead atoms. The number of sulfonamides is 1. The Labute approximate surface area is 130 Å². The highest BCUT2D eigenvalue weighted by Crippen LogP contribution is 2.17. The fourth-order valence-electron chi connectivity index (χ4n) is 1.80. The molecule has 0 heterocycles. The number of carbonyl (C=O) groups is 1. The van der Waals surface area contributed by atoms with Crippen LogP contribution in [0, 0.1) is 5.92 Å². The molecular weight excluding hydrogens is 330 g/mol. The first-order valence-electron chi connectivity index (χ1n) is 6.48. The van der Waals surface area contributed by atoms with Crippen LogP contribution in [0.2, 0.25) is 0 Å². The zero-order chi connectivity index (χ0) is 17.1. The number of carboxylic acids is 1. The molecule has 124 valence electrons. The van der Waals surface area contributed by atoms with E-state index in [2.05, 4.69) is 4.72 Å². The van der Waals surface area contributed by atoms with Crippen molar-refractivity contribution in [1.29, 1.82) is 0 Å². The molecule has 1 atom stereocenters. The van der Waals surface area contributed by atoms with Crippen LogP contribution < -0.4 is 4.72 Å². The number of hydrogen-bond acceptors (Lipinski definition) is 5. The third kappa shape index (κ3) is 5.08. The summed E-state index contributed by atoms with van der Waals surface area (Å²) in [4.78, 5) is 10.7. The summed E-state index contributed by atoms with van der Waals surface area (Å²) in [5, 5.41) is 9.09. The van der Waals surface area contributed by atoms with Gasteiger partial charge in [0.1, 0.15) is 6.04 Å². The molecule has 0 amide bonds. The van der Waals surface area contributed by atoms with E-state index in [1.807, 2.05) is 0 Å². The van der Waals surface area contributed by atoms with E-state index in [4.69, 9.17) is 5.11 Å². The SMILES string of the molecule is CC(C)C[C@@H](NS(=O)(=O)c1cccc(S(C)(=O)=O)c1)C(=O)O. The molecule has 0 aliphatic heterocycles. The standard InChI is InChI=1S/C13H19NO6S2/c1-9(2)7-12(13(15)16)14-22(19,20)11-6-4-5-10(8-11)21(3,17)18/h4-6,8-9,12,14H,7H2,1-3H3,(H,15,16)/t12-/m1/s1. The number of nitrogens with one attached hydrogen (secondary N) is 1. The van der Waals surface area contributed by atoms with Crippen molar-refractivity contribution in [2.24, 2.45) is 5.92 Å². The average molecular weight is 349 g/mol. The molecule has 1 aromatic carbocycles. The maximum Gasteiger partial charge on any atom is 0.321 e. The maximum atomic E-state index is 12.2. The summed E-state index contributed by atoms with van der Waals surface area (Å²) in [5.74, 6) is -1.30. The Balaban J connectivity index is 3.16. The molecule has 0 radical (unpaired) electrons. The van der Waals surface area contributed by atoms with Crippen LogP contribution in [-0.4, -0.2) is 40.2 Å². The van der Waals surface area contributed by atoms with Gasteiger partial charge in [-0.1, -0.05) is 19.9 Å². The lowest BCUT2D eigenvalue weighted by Crippen LogP contribution is -2.41. The summed E-state index contributed by atoms with van der Waals surface area (Å²) >= 11 is 0. The highest BCUT2D eigenvalue weighted by atomic mass is 32.2. The molecule has 0 aliphatic carbocycles. The molecule has 0 saturated heterocycles. The fourth-order valence-corrected chi connectivity index (χ4v) is 3.79. The summed E-state index contributed by atoms with van der Waals surface area (Å²) < 4.78 is 49.5. The van der Waals surface area contributed by atoms with Crippen LogP contribution in [0.25, 0.3) is 0 Å². The van der Waals surface area contributed by atoms with Crippen molar-refractivity contribution in [2.45, 2.75) is 36.1 Å². The quantitative estimate of drug-likeness (QED) is 0.754. The van der Waals surface area contributed by atoms with E-state index in [1.165, 1.54) is 18.2 Å². The molecule has 0 saturated carbocycles. The highest BCUT2D eigenvalue weighted by molar-refractivity contribution is 7.91. The van der Waals surface area contributed by atoms with Crippen molar-refractivity contribution >= 4 is 25.8 Å². The minimum atomic E-state index is -4.13. The summed E-state index contributed by atoms with van der Waals surface area (Å²) in [6.07, 6.45) is 1.09. The lowest BCUT2D eigenvalue weighted by Gasteiger charge is -2.16. The van der Waals surface area contributed by atoms with E-state index < -0.39 is 31.9 Å². The van der Waals surface area contributed by atoms with Crippen molar-refractivity contribution in [3.8, 4) is 0 Å². The second-order valence-electron chi connectivity index (χ2n) is 5.39. The van der Waals surface area contributed by atoms with Crippen LogP contribution in [0.1, 0.15) is 20.3 Å². The zero-order valence-corrected chi connectivity index (χ0v) is 14.1. The number of carboxylic acid groups (broad SMARTS) is 1. The first-order valence-corrected chi connectivity index (χ1v) is 9.86. The number of sulfone groups is 1. The minimum Gasteiger partial charge on any atom is -0.480 e. The van der Waals surface area contributed by atoms with E-state index in [0.717, 1.165) is 12.3 Å².